The number of hydrogen-bond donors (Lipinski definition) is 0. The van der Waals surface area contributed by atoms with Crippen LogP contribution in [0, 0.1) is 0 Å². The van der Waals surface area contributed by atoms with Crippen molar-refractivity contribution in [3.8, 4) is 0 Å². The van der Waals surface area contributed by atoms with E-state index in [1.807, 2.05) is 0 Å². The molecular weight excluding hydrogens is 258 g/mol. The monoisotopic (exact) mass is 275 g/mol. The Balaban J connectivity index is 1.74. The molecule has 1 aromatic rings. The summed E-state index contributed by atoms with van der Waals surface area (Å²) < 4.78 is 11.1. The standard InChI is InChI=1S/C15H17NO4/c1-2-5-13-19-8-10(9-20-13)16-14(17)11-6-3-4-7-12(11)15(16)18/h3-4,6-7,10,13H,2,5,8-9H2,1H3. The van der Waals surface area contributed by atoms with Gasteiger partial charge in [0.2, 0.25) is 0 Å². The average Bonchev–Trinajstić information content (AvgIpc) is 2.73. The summed E-state index contributed by atoms with van der Waals surface area (Å²) in [7, 11) is 0. The summed E-state index contributed by atoms with van der Waals surface area (Å²) in [6.07, 6.45) is 1.59. The van der Waals surface area contributed by atoms with Gasteiger partial charge in [-0.3, -0.25) is 14.5 Å². The third-order valence-electron chi connectivity index (χ3n) is 3.66. The number of carbonyl (C=O) groups excluding carboxylic acids is 2. The summed E-state index contributed by atoms with van der Waals surface area (Å²) >= 11 is 0. The van der Waals surface area contributed by atoms with Crippen LogP contribution in [0.15, 0.2) is 24.3 Å². The largest absolute Gasteiger partial charge is 0.350 e. The maximum absolute atomic E-state index is 12.3. The second-order valence-electron chi connectivity index (χ2n) is 5.06. The summed E-state index contributed by atoms with van der Waals surface area (Å²) in [4.78, 5) is 25.9. The van der Waals surface area contributed by atoms with E-state index >= 15 is 0 Å². The van der Waals surface area contributed by atoms with E-state index in [1.54, 1.807) is 24.3 Å². The highest BCUT2D eigenvalue weighted by atomic mass is 16.7. The molecule has 2 aliphatic rings. The van der Waals surface area contributed by atoms with Crippen molar-refractivity contribution < 1.29 is 19.1 Å². The zero-order valence-electron chi connectivity index (χ0n) is 11.4. The molecule has 0 saturated carbocycles. The highest BCUT2D eigenvalue weighted by Gasteiger charge is 2.41. The number of rotatable bonds is 3. The number of hydrogen-bond acceptors (Lipinski definition) is 4. The van der Waals surface area contributed by atoms with E-state index in [2.05, 4.69) is 6.92 Å². The zero-order chi connectivity index (χ0) is 14.1. The average molecular weight is 275 g/mol. The Morgan fingerprint density at radius 1 is 1.10 bits per heavy atom. The van der Waals surface area contributed by atoms with Crippen molar-refractivity contribution >= 4 is 11.8 Å². The lowest BCUT2D eigenvalue weighted by Crippen LogP contribution is -2.49. The van der Waals surface area contributed by atoms with Gasteiger partial charge in [0.05, 0.1) is 30.4 Å². The maximum Gasteiger partial charge on any atom is 0.261 e. The lowest BCUT2D eigenvalue weighted by Gasteiger charge is -2.33. The number of imide groups is 1. The van der Waals surface area contributed by atoms with Gasteiger partial charge in [0, 0.05) is 0 Å². The third-order valence-corrected chi connectivity index (χ3v) is 3.66. The molecule has 2 amide bonds. The van der Waals surface area contributed by atoms with Crippen LogP contribution in [0.3, 0.4) is 0 Å². The molecule has 2 heterocycles. The van der Waals surface area contributed by atoms with Gasteiger partial charge in [-0.1, -0.05) is 25.5 Å². The topological polar surface area (TPSA) is 55.8 Å². The smallest absolute Gasteiger partial charge is 0.261 e. The molecule has 5 nitrogen and oxygen atoms in total. The molecule has 0 aromatic heterocycles. The molecular formula is C15H17NO4. The molecule has 1 fully saturated rings. The molecule has 20 heavy (non-hydrogen) atoms. The summed E-state index contributed by atoms with van der Waals surface area (Å²) in [6, 6.07) is 6.55. The number of nitrogens with zero attached hydrogens (tertiary/aromatic N) is 1. The molecule has 0 spiro atoms. The fourth-order valence-electron chi connectivity index (χ4n) is 2.62. The molecule has 0 aliphatic carbocycles. The van der Waals surface area contributed by atoms with Crippen LogP contribution < -0.4 is 0 Å². The molecule has 2 aliphatic heterocycles. The fraction of sp³-hybridized carbons (Fsp3) is 0.467. The molecule has 0 radical (unpaired) electrons. The highest BCUT2D eigenvalue weighted by Crippen LogP contribution is 2.26. The fourth-order valence-corrected chi connectivity index (χ4v) is 2.62. The molecule has 106 valence electrons. The van der Waals surface area contributed by atoms with Gasteiger partial charge in [-0.15, -0.1) is 0 Å². The maximum atomic E-state index is 12.3. The first-order chi connectivity index (χ1) is 9.72. The van der Waals surface area contributed by atoms with E-state index in [9.17, 15) is 9.59 Å². The van der Waals surface area contributed by atoms with Gasteiger partial charge >= 0.3 is 0 Å². The number of amides is 2. The molecule has 0 unspecified atom stereocenters. The molecule has 0 bridgehead atoms. The number of ether oxygens (including phenoxy) is 2. The summed E-state index contributed by atoms with van der Waals surface area (Å²) in [5.74, 6) is -0.506. The minimum atomic E-state index is -0.337. The first kappa shape index (κ1) is 13.3. The van der Waals surface area contributed by atoms with Gasteiger partial charge < -0.3 is 9.47 Å². The number of benzene rings is 1. The first-order valence-corrected chi connectivity index (χ1v) is 6.92. The van der Waals surface area contributed by atoms with Crippen molar-refractivity contribution in [1.82, 2.24) is 4.90 Å². The van der Waals surface area contributed by atoms with E-state index in [-0.39, 0.29) is 24.1 Å². The van der Waals surface area contributed by atoms with Crippen LogP contribution in [0.2, 0.25) is 0 Å². The minimum Gasteiger partial charge on any atom is -0.350 e. The summed E-state index contributed by atoms with van der Waals surface area (Å²) in [5.41, 5.74) is 0.932. The van der Waals surface area contributed by atoms with E-state index in [4.69, 9.17) is 9.47 Å². The van der Waals surface area contributed by atoms with Gasteiger partial charge in [-0.2, -0.15) is 0 Å². The van der Waals surface area contributed by atoms with Crippen molar-refractivity contribution in [2.24, 2.45) is 0 Å². The lowest BCUT2D eigenvalue weighted by molar-refractivity contribution is -0.199. The van der Waals surface area contributed by atoms with Crippen molar-refractivity contribution in [2.75, 3.05) is 13.2 Å². The Kier molecular flexibility index (Phi) is 3.54. The third kappa shape index (κ3) is 2.13. The van der Waals surface area contributed by atoms with E-state index in [0.717, 1.165) is 12.8 Å². The number of carbonyl (C=O) groups is 2. The van der Waals surface area contributed by atoms with Gasteiger partial charge in [0.25, 0.3) is 11.8 Å². The van der Waals surface area contributed by atoms with Crippen LogP contribution in [-0.4, -0.2) is 42.3 Å². The first-order valence-electron chi connectivity index (χ1n) is 6.92. The Morgan fingerprint density at radius 2 is 1.65 bits per heavy atom. The lowest BCUT2D eigenvalue weighted by atomic mass is 10.1. The van der Waals surface area contributed by atoms with E-state index in [0.29, 0.717) is 24.3 Å². The van der Waals surface area contributed by atoms with Crippen LogP contribution in [-0.2, 0) is 9.47 Å². The van der Waals surface area contributed by atoms with Gasteiger partial charge in [0.15, 0.2) is 6.29 Å². The van der Waals surface area contributed by atoms with Gasteiger partial charge in [-0.05, 0) is 18.6 Å². The van der Waals surface area contributed by atoms with Crippen molar-refractivity contribution in [2.45, 2.75) is 32.1 Å². The summed E-state index contributed by atoms with van der Waals surface area (Å²) in [6.45, 7) is 2.75. The van der Waals surface area contributed by atoms with E-state index < -0.39 is 0 Å². The van der Waals surface area contributed by atoms with Crippen molar-refractivity contribution in [1.29, 1.82) is 0 Å². The van der Waals surface area contributed by atoms with Crippen molar-refractivity contribution in [3.05, 3.63) is 35.4 Å². The molecule has 5 heteroatoms. The molecule has 3 rings (SSSR count). The van der Waals surface area contributed by atoms with Crippen molar-refractivity contribution in [3.63, 3.8) is 0 Å². The van der Waals surface area contributed by atoms with E-state index in [1.165, 1.54) is 4.90 Å². The molecule has 0 atom stereocenters. The Hall–Kier alpha value is -1.72. The van der Waals surface area contributed by atoms with Crippen LogP contribution in [0.1, 0.15) is 40.5 Å². The van der Waals surface area contributed by atoms with Crippen LogP contribution in [0.25, 0.3) is 0 Å². The predicted molar refractivity (Wildman–Crippen MR) is 71.3 cm³/mol. The minimum absolute atomic E-state index is 0.216. The SMILES string of the molecule is CCCC1OCC(N2C(=O)c3ccccc3C2=O)CO1. The van der Waals surface area contributed by atoms with Gasteiger partial charge in [-0.25, -0.2) is 0 Å². The molecule has 1 saturated heterocycles. The predicted octanol–water partition coefficient (Wildman–Crippen LogP) is 1.82. The number of fused-ring (bicyclic) bond motifs is 1. The summed E-state index contributed by atoms with van der Waals surface area (Å²) in [5, 5.41) is 0. The second-order valence-corrected chi connectivity index (χ2v) is 5.06. The van der Waals surface area contributed by atoms with Crippen LogP contribution in [0.5, 0.6) is 0 Å². The Morgan fingerprint density at radius 3 is 2.15 bits per heavy atom. The highest BCUT2D eigenvalue weighted by molar-refractivity contribution is 6.21. The second kappa shape index (κ2) is 5.34. The molecule has 0 N–H and O–H groups in total. The molecule has 1 aromatic carbocycles. The Labute approximate surface area is 117 Å². The Bertz CT molecular complexity index is 499. The van der Waals surface area contributed by atoms with Gasteiger partial charge in [0.1, 0.15) is 0 Å². The quantitative estimate of drug-likeness (QED) is 0.790. The zero-order valence-corrected chi connectivity index (χ0v) is 11.4. The van der Waals surface area contributed by atoms with Crippen LogP contribution in [0.4, 0.5) is 0 Å². The normalized spacial score (nSPS) is 25.9. The van der Waals surface area contributed by atoms with Crippen LogP contribution >= 0.6 is 0 Å².